The van der Waals surface area contributed by atoms with Crippen molar-refractivity contribution in [3.63, 3.8) is 0 Å². The molecule has 0 spiro atoms. The Morgan fingerprint density at radius 3 is 2.75 bits per heavy atom. The van der Waals surface area contributed by atoms with E-state index in [2.05, 4.69) is 23.9 Å². The molecule has 1 aromatic rings. The molecule has 0 radical (unpaired) electrons. The Kier molecular flexibility index (Phi) is 4.62. The largest absolute Gasteiger partial charge is 0.504 e. The highest BCUT2D eigenvalue weighted by molar-refractivity contribution is 5.98. The minimum absolute atomic E-state index is 0.0280. The summed E-state index contributed by atoms with van der Waals surface area (Å²) in [4.78, 5) is 16.6. The predicted molar refractivity (Wildman–Crippen MR) is 77.3 cm³/mol. The van der Waals surface area contributed by atoms with Crippen LogP contribution >= 0.6 is 0 Å². The second-order valence-corrected chi connectivity index (χ2v) is 5.62. The first kappa shape index (κ1) is 14.8. The number of hydrogen-bond donors (Lipinski definition) is 2. The monoisotopic (exact) mass is 278 g/mol. The van der Waals surface area contributed by atoms with Crippen LogP contribution < -0.4 is 0 Å². The Labute approximate surface area is 119 Å². The first-order valence-corrected chi connectivity index (χ1v) is 6.91. The third-order valence-corrected chi connectivity index (χ3v) is 3.88. The van der Waals surface area contributed by atoms with Gasteiger partial charge in [0, 0.05) is 18.2 Å². The number of hydrogen-bond acceptors (Lipinski definition) is 5. The molecule has 1 saturated heterocycles. The molecule has 1 aromatic carbocycles. The maximum atomic E-state index is 12.2. The number of piperidine rings is 1. The molecule has 1 aliphatic heterocycles. The standard InChI is InChI=1S/C15H22N2O3/c1-16(2)12-4-3-7-17(9-12)10-15(20)11-5-6-13(18)14(19)8-11/h5-6,8,12,18-19H,3-4,7,9-10H2,1-2H3. The highest BCUT2D eigenvalue weighted by Crippen LogP contribution is 2.25. The Hall–Kier alpha value is -1.59. The molecule has 5 nitrogen and oxygen atoms in total. The lowest BCUT2D eigenvalue weighted by Crippen LogP contribution is -2.46. The summed E-state index contributed by atoms with van der Waals surface area (Å²) in [7, 11) is 4.13. The van der Waals surface area contributed by atoms with E-state index in [0.717, 1.165) is 25.9 Å². The summed E-state index contributed by atoms with van der Waals surface area (Å²) in [5, 5.41) is 18.7. The van der Waals surface area contributed by atoms with Gasteiger partial charge in [-0.25, -0.2) is 0 Å². The minimum Gasteiger partial charge on any atom is -0.504 e. The average Bonchev–Trinajstić information content (AvgIpc) is 2.42. The zero-order valence-electron chi connectivity index (χ0n) is 12.0. The van der Waals surface area contributed by atoms with Gasteiger partial charge in [0.25, 0.3) is 0 Å². The highest BCUT2D eigenvalue weighted by atomic mass is 16.3. The lowest BCUT2D eigenvalue weighted by Gasteiger charge is -2.35. The number of nitrogens with zero attached hydrogens (tertiary/aromatic N) is 2. The molecule has 0 bridgehead atoms. The van der Waals surface area contributed by atoms with Crippen molar-refractivity contribution in [3.8, 4) is 11.5 Å². The zero-order valence-corrected chi connectivity index (χ0v) is 12.0. The van der Waals surface area contributed by atoms with E-state index < -0.39 is 0 Å². The van der Waals surface area contributed by atoms with Crippen LogP contribution in [0.25, 0.3) is 0 Å². The molecular weight excluding hydrogens is 256 g/mol. The van der Waals surface area contributed by atoms with Crippen LogP contribution in [-0.2, 0) is 0 Å². The van der Waals surface area contributed by atoms with Crippen molar-refractivity contribution in [2.45, 2.75) is 18.9 Å². The zero-order chi connectivity index (χ0) is 14.7. The molecule has 1 fully saturated rings. The number of Topliss-reactive ketones (excluding diaryl/α,β-unsaturated/α-hetero) is 1. The van der Waals surface area contributed by atoms with Gasteiger partial charge in [-0.3, -0.25) is 9.69 Å². The van der Waals surface area contributed by atoms with Gasteiger partial charge in [0.15, 0.2) is 17.3 Å². The van der Waals surface area contributed by atoms with E-state index in [0.29, 0.717) is 18.2 Å². The second-order valence-electron chi connectivity index (χ2n) is 5.62. The first-order chi connectivity index (χ1) is 9.47. The number of likely N-dealkylation sites (tertiary alicyclic amines) is 1. The number of rotatable bonds is 4. The minimum atomic E-state index is -0.249. The number of carbonyl (C=O) groups is 1. The van der Waals surface area contributed by atoms with Crippen molar-refractivity contribution in [1.82, 2.24) is 9.80 Å². The molecule has 0 aromatic heterocycles. The molecule has 0 saturated carbocycles. The van der Waals surface area contributed by atoms with E-state index in [-0.39, 0.29) is 17.3 Å². The van der Waals surface area contributed by atoms with Gasteiger partial charge < -0.3 is 15.1 Å². The number of phenolic OH excluding ortho intramolecular Hbond substituents is 2. The lowest BCUT2D eigenvalue weighted by molar-refractivity contribution is 0.0852. The van der Waals surface area contributed by atoms with Gasteiger partial charge >= 0.3 is 0 Å². The molecule has 2 rings (SSSR count). The molecule has 1 unspecified atom stereocenters. The summed E-state index contributed by atoms with van der Waals surface area (Å²) in [6.07, 6.45) is 2.26. The van der Waals surface area contributed by atoms with Crippen LogP contribution in [0.5, 0.6) is 11.5 Å². The highest BCUT2D eigenvalue weighted by Gasteiger charge is 2.23. The van der Waals surface area contributed by atoms with Crippen molar-refractivity contribution >= 4 is 5.78 Å². The Morgan fingerprint density at radius 2 is 2.10 bits per heavy atom. The number of likely N-dealkylation sites (N-methyl/N-ethyl adjacent to an activating group) is 1. The van der Waals surface area contributed by atoms with E-state index in [1.165, 1.54) is 12.1 Å². The molecule has 1 aliphatic rings. The van der Waals surface area contributed by atoms with Crippen LogP contribution in [-0.4, -0.2) is 65.6 Å². The Morgan fingerprint density at radius 1 is 1.35 bits per heavy atom. The van der Waals surface area contributed by atoms with Crippen LogP contribution in [0, 0.1) is 0 Å². The fourth-order valence-corrected chi connectivity index (χ4v) is 2.59. The van der Waals surface area contributed by atoms with Crippen molar-refractivity contribution in [3.05, 3.63) is 23.8 Å². The van der Waals surface area contributed by atoms with Crippen LogP contribution in [0.4, 0.5) is 0 Å². The summed E-state index contributed by atoms with van der Waals surface area (Å²) < 4.78 is 0. The summed E-state index contributed by atoms with van der Waals surface area (Å²) in [5.74, 6) is -0.479. The molecule has 20 heavy (non-hydrogen) atoms. The van der Waals surface area contributed by atoms with E-state index in [1.807, 2.05) is 0 Å². The summed E-state index contributed by atoms with van der Waals surface area (Å²) in [6.45, 7) is 2.18. The first-order valence-electron chi connectivity index (χ1n) is 6.91. The van der Waals surface area contributed by atoms with Crippen LogP contribution in [0.15, 0.2) is 18.2 Å². The SMILES string of the molecule is CN(C)C1CCCN(CC(=O)c2ccc(O)c(O)c2)C1. The molecule has 0 aliphatic carbocycles. The quantitative estimate of drug-likeness (QED) is 0.642. The number of benzene rings is 1. The maximum Gasteiger partial charge on any atom is 0.176 e. The van der Waals surface area contributed by atoms with Crippen LogP contribution in [0.3, 0.4) is 0 Å². The molecular formula is C15H22N2O3. The summed E-state index contributed by atoms with van der Waals surface area (Å²) in [5.41, 5.74) is 0.437. The van der Waals surface area contributed by atoms with E-state index in [4.69, 9.17) is 0 Å². The van der Waals surface area contributed by atoms with Crippen LogP contribution in [0.2, 0.25) is 0 Å². The fourth-order valence-electron chi connectivity index (χ4n) is 2.59. The third kappa shape index (κ3) is 3.49. The molecule has 0 amide bonds. The van der Waals surface area contributed by atoms with E-state index in [1.54, 1.807) is 6.07 Å². The molecule has 2 N–H and O–H groups in total. The summed E-state index contributed by atoms with van der Waals surface area (Å²) >= 11 is 0. The molecule has 5 heteroatoms. The predicted octanol–water partition coefficient (Wildman–Crippen LogP) is 1.31. The Bertz CT molecular complexity index is 488. The number of carbonyl (C=O) groups excluding carboxylic acids is 1. The summed E-state index contributed by atoms with van der Waals surface area (Å²) in [6, 6.07) is 4.71. The maximum absolute atomic E-state index is 12.2. The van der Waals surface area contributed by atoms with Crippen molar-refractivity contribution < 1.29 is 15.0 Å². The molecule has 1 atom stereocenters. The normalized spacial score (nSPS) is 20.2. The molecule has 110 valence electrons. The number of ketones is 1. The fraction of sp³-hybridized carbons (Fsp3) is 0.533. The van der Waals surface area contributed by atoms with E-state index in [9.17, 15) is 15.0 Å². The van der Waals surface area contributed by atoms with Gasteiger partial charge in [0.1, 0.15) is 0 Å². The van der Waals surface area contributed by atoms with Crippen molar-refractivity contribution in [2.24, 2.45) is 0 Å². The van der Waals surface area contributed by atoms with E-state index >= 15 is 0 Å². The Balaban J connectivity index is 1.98. The van der Waals surface area contributed by atoms with Gasteiger partial charge in [0.05, 0.1) is 6.54 Å². The van der Waals surface area contributed by atoms with Crippen molar-refractivity contribution in [2.75, 3.05) is 33.7 Å². The lowest BCUT2D eigenvalue weighted by atomic mass is 10.0. The van der Waals surface area contributed by atoms with Crippen molar-refractivity contribution in [1.29, 1.82) is 0 Å². The number of aromatic hydroxyl groups is 2. The van der Waals surface area contributed by atoms with Gasteiger partial charge in [-0.1, -0.05) is 0 Å². The smallest absolute Gasteiger partial charge is 0.176 e. The molecule has 1 heterocycles. The number of phenols is 2. The van der Waals surface area contributed by atoms with Gasteiger partial charge in [-0.2, -0.15) is 0 Å². The van der Waals surface area contributed by atoms with Gasteiger partial charge in [-0.15, -0.1) is 0 Å². The topological polar surface area (TPSA) is 64.0 Å². The average molecular weight is 278 g/mol. The van der Waals surface area contributed by atoms with Gasteiger partial charge in [-0.05, 0) is 51.7 Å². The second kappa shape index (κ2) is 6.24. The van der Waals surface area contributed by atoms with Gasteiger partial charge in [0.2, 0.25) is 0 Å². The van der Waals surface area contributed by atoms with Crippen LogP contribution in [0.1, 0.15) is 23.2 Å². The third-order valence-electron chi connectivity index (χ3n) is 3.88.